The Bertz CT molecular complexity index is 1020. The van der Waals surface area contributed by atoms with E-state index >= 15 is 0 Å². The van der Waals surface area contributed by atoms with Crippen LogP contribution in [0.2, 0.25) is 10.0 Å². The zero-order valence-corrected chi connectivity index (χ0v) is 18.7. The van der Waals surface area contributed by atoms with Crippen molar-refractivity contribution in [1.29, 1.82) is 0 Å². The fourth-order valence-electron chi connectivity index (χ4n) is 3.53. The van der Waals surface area contributed by atoms with Crippen LogP contribution in [0.5, 0.6) is 0 Å². The van der Waals surface area contributed by atoms with Gasteiger partial charge < -0.3 is 10.6 Å². The first-order valence-electron chi connectivity index (χ1n) is 9.89. The Kier molecular flexibility index (Phi) is 5.57. The number of nitrogens with zero attached hydrogens (tertiary/aromatic N) is 1. The number of hydrogen-bond acceptors (Lipinski definition) is 4. The number of benzene rings is 2. The molecule has 0 bridgehead atoms. The van der Waals surface area contributed by atoms with Gasteiger partial charge in [0, 0.05) is 12.2 Å². The predicted octanol–water partition coefficient (Wildman–Crippen LogP) is 5.36. The molecule has 0 aromatic heterocycles. The van der Waals surface area contributed by atoms with Crippen LogP contribution in [0.25, 0.3) is 0 Å². The van der Waals surface area contributed by atoms with E-state index in [1.807, 2.05) is 17.2 Å². The first-order chi connectivity index (χ1) is 14.2. The van der Waals surface area contributed by atoms with E-state index in [0.717, 1.165) is 24.3 Å². The number of carbonyl (C=O) groups excluding carboxylic acids is 1. The SMILES string of the molecule is CC(C)(C)C1C=C(NC(=O)Nc2cccc(Cl)c2Cl)N(c2ccc3c(c2)CCN3)N1. The minimum Gasteiger partial charge on any atom is -0.384 e. The van der Waals surface area contributed by atoms with Gasteiger partial charge in [-0.25, -0.2) is 10.2 Å². The van der Waals surface area contributed by atoms with Crippen molar-refractivity contribution in [2.75, 3.05) is 22.2 Å². The second kappa shape index (κ2) is 8.02. The number of hydrazine groups is 1. The standard InChI is InChI=1S/C22H25Cl2N5O/c1-22(2,3)18-12-19(27-21(30)26-17-6-4-5-15(23)20(17)24)29(28-18)14-7-8-16-13(11-14)9-10-25-16/h4-8,11-12,18,25,28H,9-10H2,1-3H3,(H2,26,27,30). The van der Waals surface area contributed by atoms with Gasteiger partial charge in [-0.3, -0.25) is 10.3 Å². The molecule has 1 atom stereocenters. The van der Waals surface area contributed by atoms with Gasteiger partial charge in [-0.2, -0.15) is 0 Å². The molecule has 0 aliphatic carbocycles. The fourth-order valence-corrected chi connectivity index (χ4v) is 3.88. The minimum absolute atomic E-state index is 0.0350. The highest BCUT2D eigenvalue weighted by molar-refractivity contribution is 6.43. The smallest absolute Gasteiger partial charge is 0.324 e. The summed E-state index contributed by atoms with van der Waals surface area (Å²) in [5.74, 6) is 0.663. The monoisotopic (exact) mass is 445 g/mol. The molecule has 0 radical (unpaired) electrons. The van der Waals surface area contributed by atoms with E-state index in [2.05, 4.69) is 54.3 Å². The van der Waals surface area contributed by atoms with Crippen LogP contribution in [0.1, 0.15) is 26.3 Å². The van der Waals surface area contributed by atoms with E-state index < -0.39 is 6.03 Å². The molecule has 1 unspecified atom stereocenters. The quantitative estimate of drug-likeness (QED) is 0.512. The van der Waals surface area contributed by atoms with Gasteiger partial charge in [0.1, 0.15) is 5.82 Å². The molecule has 6 nitrogen and oxygen atoms in total. The summed E-state index contributed by atoms with van der Waals surface area (Å²) in [7, 11) is 0. The number of halogens is 2. The number of fused-ring (bicyclic) bond motifs is 1. The van der Waals surface area contributed by atoms with E-state index in [-0.39, 0.29) is 11.5 Å². The first kappa shape index (κ1) is 20.8. The highest BCUT2D eigenvalue weighted by Gasteiger charge is 2.33. The largest absolute Gasteiger partial charge is 0.384 e. The molecule has 2 aromatic carbocycles. The fraction of sp³-hybridized carbons (Fsp3) is 0.318. The third-order valence-corrected chi connectivity index (χ3v) is 6.08. The molecule has 8 heteroatoms. The average molecular weight is 446 g/mol. The van der Waals surface area contributed by atoms with Crippen LogP contribution in [0.3, 0.4) is 0 Å². The molecule has 2 aromatic rings. The Morgan fingerprint density at radius 2 is 1.97 bits per heavy atom. The summed E-state index contributed by atoms with van der Waals surface area (Å²) in [6.45, 7) is 7.41. The zero-order chi connectivity index (χ0) is 21.5. The number of nitrogens with one attached hydrogen (secondary N) is 4. The van der Waals surface area contributed by atoms with Crippen molar-refractivity contribution in [3.05, 3.63) is 63.9 Å². The third kappa shape index (κ3) is 4.21. The molecule has 0 fully saturated rings. The Morgan fingerprint density at radius 1 is 1.17 bits per heavy atom. The summed E-state index contributed by atoms with van der Waals surface area (Å²) in [5.41, 5.74) is 7.33. The lowest BCUT2D eigenvalue weighted by atomic mass is 9.87. The Labute approximate surface area is 186 Å². The molecular weight excluding hydrogens is 421 g/mol. The van der Waals surface area contributed by atoms with E-state index in [1.54, 1.807) is 18.2 Å². The van der Waals surface area contributed by atoms with Crippen molar-refractivity contribution in [3.8, 4) is 0 Å². The third-order valence-electron chi connectivity index (χ3n) is 5.26. The summed E-state index contributed by atoms with van der Waals surface area (Å²) in [6.07, 6.45) is 3.02. The highest BCUT2D eigenvalue weighted by Crippen LogP contribution is 2.33. The van der Waals surface area contributed by atoms with Crippen molar-refractivity contribution < 1.29 is 4.79 Å². The molecule has 2 aliphatic rings. The second-order valence-corrected chi connectivity index (χ2v) is 9.34. The summed E-state index contributed by atoms with van der Waals surface area (Å²) >= 11 is 12.2. The molecule has 4 N–H and O–H groups in total. The summed E-state index contributed by atoms with van der Waals surface area (Å²) in [6, 6.07) is 11.0. The first-order valence-corrected chi connectivity index (χ1v) is 10.6. The van der Waals surface area contributed by atoms with Gasteiger partial charge in [-0.1, -0.05) is 50.0 Å². The van der Waals surface area contributed by atoms with Gasteiger partial charge in [0.15, 0.2) is 0 Å². The van der Waals surface area contributed by atoms with Crippen molar-refractivity contribution in [1.82, 2.24) is 10.7 Å². The summed E-state index contributed by atoms with van der Waals surface area (Å²) in [4.78, 5) is 12.7. The van der Waals surface area contributed by atoms with Gasteiger partial charge in [0.2, 0.25) is 0 Å². The molecule has 2 heterocycles. The highest BCUT2D eigenvalue weighted by atomic mass is 35.5. The maximum Gasteiger partial charge on any atom is 0.324 e. The van der Waals surface area contributed by atoms with Crippen LogP contribution in [0, 0.1) is 5.41 Å². The maximum atomic E-state index is 12.7. The normalized spacial score (nSPS) is 18.0. The second-order valence-electron chi connectivity index (χ2n) is 8.56. The maximum absolute atomic E-state index is 12.7. The van der Waals surface area contributed by atoms with Crippen LogP contribution in [-0.4, -0.2) is 18.6 Å². The van der Waals surface area contributed by atoms with Gasteiger partial charge in [0.05, 0.1) is 27.5 Å². The van der Waals surface area contributed by atoms with Crippen LogP contribution in [0.15, 0.2) is 48.3 Å². The van der Waals surface area contributed by atoms with Crippen molar-refractivity contribution in [3.63, 3.8) is 0 Å². The lowest BCUT2D eigenvalue weighted by Crippen LogP contribution is -2.46. The van der Waals surface area contributed by atoms with E-state index in [9.17, 15) is 4.79 Å². The van der Waals surface area contributed by atoms with E-state index in [1.165, 1.54) is 5.56 Å². The van der Waals surface area contributed by atoms with Crippen molar-refractivity contribution >= 4 is 46.3 Å². The predicted molar refractivity (Wildman–Crippen MR) is 124 cm³/mol. The number of rotatable bonds is 3. The van der Waals surface area contributed by atoms with Crippen molar-refractivity contribution in [2.45, 2.75) is 33.2 Å². The zero-order valence-electron chi connectivity index (χ0n) is 17.1. The molecule has 0 saturated heterocycles. The van der Waals surface area contributed by atoms with E-state index in [4.69, 9.17) is 23.2 Å². The molecule has 30 heavy (non-hydrogen) atoms. The lowest BCUT2D eigenvalue weighted by molar-refractivity contribution is 0.254. The topological polar surface area (TPSA) is 68.4 Å². The summed E-state index contributed by atoms with van der Waals surface area (Å²) in [5, 5.41) is 11.7. The Balaban J connectivity index is 1.57. The molecule has 2 aliphatic heterocycles. The number of urea groups is 1. The van der Waals surface area contributed by atoms with Gasteiger partial charge in [-0.15, -0.1) is 0 Å². The number of amides is 2. The van der Waals surface area contributed by atoms with Crippen LogP contribution >= 0.6 is 23.2 Å². The Hall–Kier alpha value is -2.41. The molecular formula is C22H25Cl2N5O. The number of anilines is 3. The lowest BCUT2D eigenvalue weighted by Gasteiger charge is -2.29. The van der Waals surface area contributed by atoms with Gasteiger partial charge in [-0.05, 0) is 53.8 Å². The molecule has 4 rings (SSSR count). The minimum atomic E-state index is -0.394. The number of carbonyl (C=O) groups is 1. The molecule has 158 valence electrons. The molecule has 0 saturated carbocycles. The van der Waals surface area contributed by atoms with E-state index in [0.29, 0.717) is 21.6 Å². The van der Waals surface area contributed by atoms with Gasteiger partial charge >= 0.3 is 6.03 Å². The van der Waals surface area contributed by atoms with Crippen LogP contribution < -0.4 is 26.4 Å². The molecule has 0 spiro atoms. The van der Waals surface area contributed by atoms with Crippen LogP contribution in [0.4, 0.5) is 21.9 Å². The average Bonchev–Trinajstić information content (AvgIpc) is 3.31. The van der Waals surface area contributed by atoms with Crippen LogP contribution in [-0.2, 0) is 6.42 Å². The number of hydrogen-bond donors (Lipinski definition) is 4. The van der Waals surface area contributed by atoms with Crippen molar-refractivity contribution in [2.24, 2.45) is 5.41 Å². The van der Waals surface area contributed by atoms with Gasteiger partial charge in [0.25, 0.3) is 0 Å². The molecule has 2 amide bonds. The summed E-state index contributed by atoms with van der Waals surface area (Å²) < 4.78 is 0. The Morgan fingerprint density at radius 3 is 2.73 bits per heavy atom.